The fraction of sp³-hybridized carbons (Fsp3) is 0.0800. The second-order valence-corrected chi connectivity index (χ2v) is 6.88. The Labute approximate surface area is 176 Å². The number of hydrogen-bond donors (Lipinski definition) is 0. The first-order chi connectivity index (χ1) is 14.7. The van der Waals surface area contributed by atoms with Crippen LogP contribution >= 0.6 is 0 Å². The summed E-state index contributed by atoms with van der Waals surface area (Å²) in [5, 5.41) is 0. The summed E-state index contributed by atoms with van der Waals surface area (Å²) in [6.45, 7) is 0.627. The van der Waals surface area contributed by atoms with Gasteiger partial charge in [0.15, 0.2) is 0 Å². The van der Waals surface area contributed by atoms with Crippen LogP contribution in [0.4, 0.5) is 17.3 Å². The molecule has 0 aliphatic heterocycles. The summed E-state index contributed by atoms with van der Waals surface area (Å²) in [4.78, 5) is 25.5. The molecule has 0 atom stereocenters. The Kier molecular flexibility index (Phi) is 5.80. The number of hydrogen-bond acceptors (Lipinski definition) is 4. The predicted octanol–water partition coefficient (Wildman–Crippen LogP) is 5.09. The largest absolute Gasteiger partial charge is 0.311 e. The Balaban J connectivity index is 1.60. The van der Waals surface area contributed by atoms with E-state index in [4.69, 9.17) is 0 Å². The predicted molar refractivity (Wildman–Crippen MR) is 120 cm³/mol. The molecule has 0 saturated heterocycles. The minimum absolute atomic E-state index is 0.151. The van der Waals surface area contributed by atoms with Crippen molar-refractivity contribution >= 4 is 23.2 Å². The van der Waals surface area contributed by atoms with Crippen LogP contribution in [0.3, 0.4) is 0 Å². The lowest BCUT2D eigenvalue weighted by Crippen LogP contribution is -2.27. The Hall–Kier alpha value is -3.99. The van der Waals surface area contributed by atoms with E-state index in [0.717, 1.165) is 16.9 Å². The Bertz CT molecular complexity index is 1080. The number of aromatic nitrogens is 2. The second-order valence-electron chi connectivity index (χ2n) is 6.88. The Morgan fingerprint density at radius 1 is 0.733 bits per heavy atom. The average Bonchev–Trinajstić information content (AvgIpc) is 2.83. The van der Waals surface area contributed by atoms with Gasteiger partial charge in [0.2, 0.25) is 5.95 Å². The molecule has 4 rings (SSSR count). The molecule has 0 unspecified atom stereocenters. The van der Waals surface area contributed by atoms with Crippen LogP contribution < -0.4 is 9.80 Å². The quantitative estimate of drug-likeness (QED) is 0.457. The fourth-order valence-electron chi connectivity index (χ4n) is 3.18. The first-order valence-corrected chi connectivity index (χ1v) is 9.74. The number of para-hydroxylation sites is 2. The smallest absolute Gasteiger partial charge is 0.261 e. The molecule has 5 nitrogen and oxygen atoms in total. The standard InChI is InChI=1S/C25H22N4O/c1-28(22-13-7-3-8-14-22)24(30)21-17-26-25(27-18-21)29(23-15-9-4-10-16-23)19-20-11-5-2-6-12-20/h2-18H,19H2,1H3. The number of carbonyl (C=O) groups is 1. The van der Waals surface area contributed by atoms with Crippen molar-refractivity contribution in [3.05, 3.63) is 115 Å². The van der Waals surface area contributed by atoms with E-state index in [9.17, 15) is 4.79 Å². The zero-order valence-corrected chi connectivity index (χ0v) is 16.7. The zero-order valence-electron chi connectivity index (χ0n) is 16.7. The van der Waals surface area contributed by atoms with E-state index < -0.39 is 0 Å². The third-order valence-corrected chi connectivity index (χ3v) is 4.83. The van der Waals surface area contributed by atoms with Crippen LogP contribution in [0.5, 0.6) is 0 Å². The van der Waals surface area contributed by atoms with Crippen molar-refractivity contribution in [3.63, 3.8) is 0 Å². The molecule has 0 radical (unpaired) electrons. The number of rotatable bonds is 6. The van der Waals surface area contributed by atoms with E-state index in [-0.39, 0.29) is 5.91 Å². The highest BCUT2D eigenvalue weighted by molar-refractivity contribution is 6.05. The van der Waals surface area contributed by atoms with Crippen LogP contribution in [0.25, 0.3) is 0 Å². The molecule has 1 amide bonds. The van der Waals surface area contributed by atoms with Crippen molar-refractivity contribution < 1.29 is 4.79 Å². The summed E-state index contributed by atoms with van der Waals surface area (Å²) in [5.41, 5.74) is 3.40. The topological polar surface area (TPSA) is 49.3 Å². The number of nitrogens with zero attached hydrogens (tertiary/aromatic N) is 4. The highest BCUT2D eigenvalue weighted by Gasteiger charge is 2.17. The number of anilines is 3. The fourth-order valence-corrected chi connectivity index (χ4v) is 3.18. The SMILES string of the molecule is CN(C(=O)c1cnc(N(Cc2ccccc2)c2ccccc2)nc1)c1ccccc1. The van der Waals surface area contributed by atoms with Crippen molar-refractivity contribution in [1.82, 2.24) is 9.97 Å². The van der Waals surface area contributed by atoms with Gasteiger partial charge in [0, 0.05) is 30.8 Å². The van der Waals surface area contributed by atoms with Gasteiger partial charge in [-0.05, 0) is 29.8 Å². The molecule has 148 valence electrons. The number of benzene rings is 3. The van der Waals surface area contributed by atoms with Gasteiger partial charge in [-0.15, -0.1) is 0 Å². The molecule has 0 N–H and O–H groups in total. The van der Waals surface area contributed by atoms with Gasteiger partial charge in [-0.1, -0.05) is 66.7 Å². The molecule has 0 aliphatic rings. The van der Waals surface area contributed by atoms with E-state index in [1.807, 2.05) is 83.8 Å². The molecule has 30 heavy (non-hydrogen) atoms. The lowest BCUT2D eigenvalue weighted by molar-refractivity contribution is 0.0992. The second kappa shape index (κ2) is 9.01. The van der Waals surface area contributed by atoms with Crippen molar-refractivity contribution in [2.24, 2.45) is 0 Å². The summed E-state index contributed by atoms with van der Waals surface area (Å²) in [7, 11) is 1.75. The van der Waals surface area contributed by atoms with Crippen LogP contribution in [0.1, 0.15) is 15.9 Å². The molecule has 4 aromatic rings. The molecule has 1 aromatic heterocycles. The summed E-state index contributed by atoms with van der Waals surface area (Å²) >= 11 is 0. The van der Waals surface area contributed by atoms with Gasteiger partial charge in [0.1, 0.15) is 0 Å². The van der Waals surface area contributed by atoms with Crippen molar-refractivity contribution in [2.75, 3.05) is 16.8 Å². The summed E-state index contributed by atoms with van der Waals surface area (Å²) < 4.78 is 0. The van der Waals surface area contributed by atoms with Gasteiger partial charge >= 0.3 is 0 Å². The number of amides is 1. The van der Waals surface area contributed by atoms with Crippen molar-refractivity contribution in [1.29, 1.82) is 0 Å². The number of carbonyl (C=O) groups excluding carboxylic acids is 1. The molecule has 3 aromatic carbocycles. The van der Waals surface area contributed by atoms with Crippen LogP contribution in [-0.4, -0.2) is 22.9 Å². The first-order valence-electron chi connectivity index (χ1n) is 9.74. The maximum absolute atomic E-state index is 12.8. The van der Waals surface area contributed by atoms with Crippen molar-refractivity contribution in [2.45, 2.75) is 6.54 Å². The van der Waals surface area contributed by atoms with Gasteiger partial charge in [0.05, 0.1) is 12.1 Å². The third kappa shape index (κ3) is 4.36. The minimum atomic E-state index is -0.151. The highest BCUT2D eigenvalue weighted by Crippen LogP contribution is 2.24. The van der Waals surface area contributed by atoms with Gasteiger partial charge in [-0.25, -0.2) is 9.97 Å². The average molecular weight is 394 g/mol. The van der Waals surface area contributed by atoms with Crippen LogP contribution in [0.15, 0.2) is 103 Å². The molecule has 1 heterocycles. The van der Waals surface area contributed by atoms with Gasteiger partial charge in [-0.3, -0.25) is 4.79 Å². The monoisotopic (exact) mass is 394 g/mol. The van der Waals surface area contributed by atoms with Gasteiger partial charge < -0.3 is 9.80 Å². The highest BCUT2D eigenvalue weighted by atomic mass is 16.2. The van der Waals surface area contributed by atoms with E-state index in [0.29, 0.717) is 18.1 Å². The normalized spacial score (nSPS) is 10.4. The lowest BCUT2D eigenvalue weighted by atomic mass is 10.2. The Morgan fingerprint density at radius 2 is 1.23 bits per heavy atom. The van der Waals surface area contributed by atoms with E-state index in [1.54, 1.807) is 24.3 Å². The molecule has 0 saturated carbocycles. The third-order valence-electron chi connectivity index (χ3n) is 4.83. The molecule has 0 bridgehead atoms. The van der Waals surface area contributed by atoms with Crippen LogP contribution in [-0.2, 0) is 6.54 Å². The van der Waals surface area contributed by atoms with Crippen LogP contribution in [0, 0.1) is 0 Å². The molecule has 0 spiro atoms. The molecule has 0 fully saturated rings. The van der Waals surface area contributed by atoms with Crippen molar-refractivity contribution in [3.8, 4) is 0 Å². The molecular formula is C25H22N4O. The lowest BCUT2D eigenvalue weighted by Gasteiger charge is -2.23. The van der Waals surface area contributed by atoms with Crippen LogP contribution in [0.2, 0.25) is 0 Å². The minimum Gasteiger partial charge on any atom is -0.311 e. The first kappa shape index (κ1) is 19.3. The summed E-state index contributed by atoms with van der Waals surface area (Å²) in [5.74, 6) is 0.394. The van der Waals surface area contributed by atoms with Gasteiger partial charge in [0.25, 0.3) is 5.91 Å². The molecular weight excluding hydrogens is 372 g/mol. The maximum Gasteiger partial charge on any atom is 0.261 e. The Morgan fingerprint density at radius 3 is 1.80 bits per heavy atom. The summed E-state index contributed by atoms with van der Waals surface area (Å²) in [6, 6.07) is 29.7. The van der Waals surface area contributed by atoms with E-state index in [2.05, 4.69) is 22.1 Å². The molecule has 0 aliphatic carbocycles. The zero-order chi connectivity index (χ0) is 20.8. The summed E-state index contributed by atoms with van der Waals surface area (Å²) in [6.07, 6.45) is 3.18. The maximum atomic E-state index is 12.8. The van der Waals surface area contributed by atoms with E-state index in [1.165, 1.54) is 0 Å². The molecule has 5 heteroatoms. The van der Waals surface area contributed by atoms with Gasteiger partial charge in [-0.2, -0.15) is 0 Å². The van der Waals surface area contributed by atoms with E-state index >= 15 is 0 Å².